The normalized spacial score (nSPS) is 12.4. The van der Waals surface area contributed by atoms with Crippen LogP contribution in [0.3, 0.4) is 0 Å². The number of alkyl halides is 3. The van der Waals surface area contributed by atoms with E-state index in [1.165, 1.54) is 12.1 Å². The first-order valence-electron chi connectivity index (χ1n) is 8.00. The van der Waals surface area contributed by atoms with Gasteiger partial charge in [-0.3, -0.25) is 4.79 Å². The Hall–Kier alpha value is -2.97. The van der Waals surface area contributed by atoms with Crippen molar-refractivity contribution in [3.63, 3.8) is 0 Å². The minimum atomic E-state index is -4.72. The number of benzene rings is 1. The molecule has 1 N–H and O–H groups in total. The number of amides is 1. The summed E-state index contributed by atoms with van der Waals surface area (Å²) in [5.74, 6) is -1.11. The Morgan fingerprint density at radius 3 is 2.30 bits per heavy atom. The van der Waals surface area contributed by atoms with Crippen LogP contribution in [-0.4, -0.2) is 26.0 Å². The van der Waals surface area contributed by atoms with E-state index in [0.29, 0.717) is 4.52 Å². The molecule has 0 saturated carbocycles. The largest absolute Gasteiger partial charge is 0.433 e. The van der Waals surface area contributed by atoms with Gasteiger partial charge in [-0.2, -0.15) is 18.3 Å². The lowest BCUT2D eigenvalue weighted by Crippen LogP contribution is -2.40. The van der Waals surface area contributed by atoms with Crippen LogP contribution in [0.1, 0.15) is 36.8 Å². The summed E-state index contributed by atoms with van der Waals surface area (Å²) in [4.78, 5) is 16.6. The van der Waals surface area contributed by atoms with Crippen LogP contribution in [0, 0.1) is 5.82 Å². The summed E-state index contributed by atoms with van der Waals surface area (Å²) in [6, 6.07) is 5.70. The molecular weight excluding hydrogens is 364 g/mol. The topological polar surface area (TPSA) is 59.3 Å². The van der Waals surface area contributed by atoms with Crippen LogP contribution >= 0.6 is 0 Å². The van der Waals surface area contributed by atoms with Gasteiger partial charge < -0.3 is 5.32 Å². The van der Waals surface area contributed by atoms with Gasteiger partial charge in [-0.15, -0.1) is 0 Å². The second kappa shape index (κ2) is 6.33. The molecule has 3 rings (SSSR count). The maximum atomic E-state index is 13.5. The highest BCUT2D eigenvalue weighted by atomic mass is 19.4. The number of aromatic nitrogens is 3. The van der Waals surface area contributed by atoms with E-state index in [1.54, 1.807) is 20.8 Å². The van der Waals surface area contributed by atoms with Crippen molar-refractivity contribution < 1.29 is 22.4 Å². The summed E-state index contributed by atoms with van der Waals surface area (Å²) in [7, 11) is 0. The van der Waals surface area contributed by atoms with E-state index in [-0.39, 0.29) is 22.5 Å². The smallest absolute Gasteiger partial charge is 0.347 e. The number of hydrogen-bond acceptors (Lipinski definition) is 3. The number of carbonyl (C=O) groups excluding carboxylic acids is 1. The summed E-state index contributed by atoms with van der Waals surface area (Å²) in [5, 5.41) is 6.37. The third-order valence-corrected chi connectivity index (χ3v) is 3.64. The molecule has 142 valence electrons. The van der Waals surface area contributed by atoms with Gasteiger partial charge in [-0.25, -0.2) is 13.9 Å². The Morgan fingerprint density at radius 2 is 1.74 bits per heavy atom. The van der Waals surface area contributed by atoms with Crippen LogP contribution in [0.25, 0.3) is 16.9 Å². The van der Waals surface area contributed by atoms with Gasteiger partial charge in [-0.1, -0.05) is 0 Å². The van der Waals surface area contributed by atoms with E-state index in [1.807, 2.05) is 0 Å². The second-order valence-corrected chi connectivity index (χ2v) is 7.03. The second-order valence-electron chi connectivity index (χ2n) is 7.03. The van der Waals surface area contributed by atoms with Gasteiger partial charge in [0.25, 0.3) is 5.91 Å². The van der Waals surface area contributed by atoms with Gasteiger partial charge in [0.1, 0.15) is 11.4 Å². The molecule has 0 bridgehead atoms. The van der Waals surface area contributed by atoms with Crippen molar-refractivity contribution in [2.24, 2.45) is 0 Å². The average Bonchev–Trinajstić information content (AvgIpc) is 2.96. The minimum Gasteiger partial charge on any atom is -0.347 e. The molecule has 2 heterocycles. The molecule has 0 saturated heterocycles. The summed E-state index contributed by atoms with van der Waals surface area (Å²) in [6.07, 6.45) is -3.67. The molecule has 1 aromatic carbocycles. The molecule has 5 nitrogen and oxygen atoms in total. The molecule has 0 atom stereocenters. The molecule has 0 unspecified atom stereocenters. The standard InChI is InChI=1S/C18H16F4N4O/c1-17(2,3)25-16(27)12-9-23-26-14(18(20,21)22)8-13(24-15(12)26)10-4-6-11(19)7-5-10/h4-9H,1-3H3,(H,25,27). The van der Waals surface area contributed by atoms with E-state index >= 15 is 0 Å². The van der Waals surface area contributed by atoms with Gasteiger partial charge in [0.05, 0.1) is 11.9 Å². The van der Waals surface area contributed by atoms with Crippen molar-refractivity contribution in [1.29, 1.82) is 0 Å². The average molecular weight is 380 g/mol. The lowest BCUT2D eigenvalue weighted by atomic mass is 10.1. The summed E-state index contributed by atoms with van der Waals surface area (Å²) in [6.45, 7) is 5.24. The first-order valence-corrected chi connectivity index (χ1v) is 8.00. The summed E-state index contributed by atoms with van der Waals surface area (Å²) in [5.41, 5.74) is -1.74. The number of carbonyl (C=O) groups is 1. The third kappa shape index (κ3) is 3.91. The first kappa shape index (κ1) is 18.8. The molecule has 9 heteroatoms. The van der Waals surface area contributed by atoms with Gasteiger partial charge >= 0.3 is 6.18 Å². The van der Waals surface area contributed by atoms with Crippen molar-refractivity contribution in [3.8, 4) is 11.3 Å². The van der Waals surface area contributed by atoms with Gasteiger partial charge in [0.15, 0.2) is 11.3 Å². The molecule has 2 aromatic heterocycles. The molecule has 0 aliphatic carbocycles. The fraction of sp³-hybridized carbons (Fsp3) is 0.278. The van der Waals surface area contributed by atoms with Crippen molar-refractivity contribution in [1.82, 2.24) is 19.9 Å². The number of nitrogens with zero attached hydrogens (tertiary/aromatic N) is 3. The van der Waals surface area contributed by atoms with Crippen LogP contribution < -0.4 is 5.32 Å². The molecule has 0 aliphatic rings. The lowest BCUT2D eigenvalue weighted by Gasteiger charge is -2.20. The number of hydrogen-bond donors (Lipinski definition) is 1. The van der Waals surface area contributed by atoms with E-state index in [2.05, 4.69) is 15.4 Å². The molecule has 0 spiro atoms. The zero-order chi connectivity index (χ0) is 20.0. The van der Waals surface area contributed by atoms with Crippen LogP contribution in [-0.2, 0) is 6.18 Å². The van der Waals surface area contributed by atoms with E-state index in [4.69, 9.17) is 0 Å². The maximum absolute atomic E-state index is 13.5. The predicted octanol–water partition coefficient (Wildman–Crippen LogP) is 4.08. The van der Waals surface area contributed by atoms with Crippen LogP contribution in [0.4, 0.5) is 17.6 Å². The highest BCUT2D eigenvalue weighted by Gasteiger charge is 2.36. The number of rotatable bonds is 2. The number of halogens is 4. The molecule has 0 aliphatic heterocycles. The molecule has 3 aromatic rings. The van der Waals surface area contributed by atoms with Gasteiger partial charge in [0, 0.05) is 11.1 Å². The van der Waals surface area contributed by atoms with Crippen molar-refractivity contribution in [3.05, 3.63) is 53.6 Å². The van der Waals surface area contributed by atoms with Crippen molar-refractivity contribution >= 4 is 11.6 Å². The molecule has 0 radical (unpaired) electrons. The summed E-state index contributed by atoms with van der Waals surface area (Å²) >= 11 is 0. The zero-order valence-electron chi connectivity index (χ0n) is 14.7. The lowest BCUT2D eigenvalue weighted by molar-refractivity contribution is -0.142. The van der Waals surface area contributed by atoms with Crippen LogP contribution in [0.5, 0.6) is 0 Å². The van der Waals surface area contributed by atoms with Gasteiger partial charge in [0.2, 0.25) is 0 Å². The van der Waals surface area contributed by atoms with E-state index in [9.17, 15) is 22.4 Å². The third-order valence-electron chi connectivity index (χ3n) is 3.64. The van der Waals surface area contributed by atoms with E-state index in [0.717, 1.165) is 24.4 Å². The van der Waals surface area contributed by atoms with Crippen molar-refractivity contribution in [2.75, 3.05) is 0 Å². The van der Waals surface area contributed by atoms with Crippen LogP contribution in [0.15, 0.2) is 36.5 Å². The summed E-state index contributed by atoms with van der Waals surface area (Å²) < 4.78 is 54.3. The van der Waals surface area contributed by atoms with Crippen LogP contribution in [0.2, 0.25) is 0 Å². The monoisotopic (exact) mass is 380 g/mol. The predicted molar refractivity (Wildman–Crippen MR) is 90.6 cm³/mol. The number of fused-ring (bicyclic) bond motifs is 1. The van der Waals surface area contributed by atoms with Crippen molar-refractivity contribution in [2.45, 2.75) is 32.5 Å². The SMILES string of the molecule is CC(C)(C)NC(=O)c1cnn2c(C(F)(F)F)cc(-c3ccc(F)cc3)nc12. The fourth-order valence-corrected chi connectivity index (χ4v) is 2.50. The molecule has 1 amide bonds. The Balaban J connectivity index is 2.22. The number of nitrogens with one attached hydrogen (secondary N) is 1. The minimum absolute atomic E-state index is 0.0415. The Labute approximate surface area is 152 Å². The first-order chi connectivity index (χ1) is 12.5. The maximum Gasteiger partial charge on any atom is 0.433 e. The molecule has 0 fully saturated rings. The van der Waals surface area contributed by atoms with Gasteiger partial charge in [-0.05, 0) is 51.1 Å². The van der Waals surface area contributed by atoms with E-state index < -0.39 is 29.1 Å². The fourth-order valence-electron chi connectivity index (χ4n) is 2.50. The molecular formula is C18H16F4N4O. The zero-order valence-corrected chi connectivity index (χ0v) is 14.7. The Kier molecular flexibility index (Phi) is 4.41. The Bertz CT molecular complexity index is 1000. The quantitative estimate of drug-likeness (QED) is 0.682. The highest BCUT2D eigenvalue weighted by Crippen LogP contribution is 2.32. The molecule has 27 heavy (non-hydrogen) atoms. The highest BCUT2D eigenvalue weighted by molar-refractivity contribution is 6.00. The Morgan fingerprint density at radius 1 is 1.11 bits per heavy atom.